The highest BCUT2D eigenvalue weighted by Crippen LogP contribution is 2.31. The number of hydrogen-bond acceptors (Lipinski definition) is 4. The number of pyridine rings is 1. The van der Waals surface area contributed by atoms with E-state index in [9.17, 15) is 18.0 Å². The van der Waals surface area contributed by atoms with Crippen molar-refractivity contribution >= 4 is 17.4 Å². The third-order valence-electron chi connectivity index (χ3n) is 3.53. The van der Waals surface area contributed by atoms with E-state index in [1.807, 2.05) is 0 Å². The lowest BCUT2D eigenvalue weighted by Gasteiger charge is -2.19. The predicted octanol–water partition coefficient (Wildman–Crippen LogP) is 3.14. The van der Waals surface area contributed by atoms with Gasteiger partial charge in [-0.05, 0) is 37.4 Å². The summed E-state index contributed by atoms with van der Waals surface area (Å²) in [4.78, 5) is 18.1. The topological polar surface area (TPSA) is 57.3 Å². The van der Waals surface area contributed by atoms with E-state index in [1.165, 1.54) is 23.2 Å². The van der Waals surface area contributed by atoms with Crippen molar-refractivity contribution in [3.8, 4) is 0 Å². The molecule has 0 bridgehead atoms. The molecule has 134 valence electrons. The van der Waals surface area contributed by atoms with E-state index >= 15 is 0 Å². The van der Waals surface area contributed by atoms with Crippen LogP contribution < -0.4 is 10.6 Å². The molecular weight excluding hydrogens is 333 g/mol. The number of alkyl halides is 3. The fourth-order valence-corrected chi connectivity index (χ4v) is 2.17. The predicted molar refractivity (Wildman–Crippen MR) is 89.9 cm³/mol. The number of nitrogens with zero attached hydrogens (tertiary/aromatic N) is 2. The summed E-state index contributed by atoms with van der Waals surface area (Å²) in [5.41, 5.74) is -0.272. The van der Waals surface area contributed by atoms with Gasteiger partial charge in [-0.1, -0.05) is 6.07 Å². The fourth-order valence-electron chi connectivity index (χ4n) is 2.17. The van der Waals surface area contributed by atoms with E-state index < -0.39 is 11.7 Å². The van der Waals surface area contributed by atoms with Crippen molar-refractivity contribution in [2.45, 2.75) is 6.18 Å². The van der Waals surface area contributed by atoms with Crippen molar-refractivity contribution in [1.29, 1.82) is 0 Å². The lowest BCUT2D eigenvalue weighted by molar-refractivity contribution is -0.137. The van der Waals surface area contributed by atoms with Crippen LogP contribution in [0.3, 0.4) is 0 Å². The van der Waals surface area contributed by atoms with Gasteiger partial charge >= 0.3 is 6.18 Å². The van der Waals surface area contributed by atoms with Gasteiger partial charge in [0.25, 0.3) is 5.91 Å². The molecule has 1 aromatic heterocycles. The van der Waals surface area contributed by atoms with Crippen molar-refractivity contribution in [3.05, 3.63) is 53.7 Å². The van der Waals surface area contributed by atoms with Gasteiger partial charge in [-0.25, -0.2) is 4.98 Å². The zero-order valence-corrected chi connectivity index (χ0v) is 13.9. The Morgan fingerprint density at radius 3 is 2.68 bits per heavy atom. The molecule has 1 aromatic carbocycles. The van der Waals surface area contributed by atoms with E-state index in [4.69, 9.17) is 0 Å². The molecule has 0 aliphatic heterocycles. The standard InChI is InChI=1S/C17H19F3N4O/c1-21-9-10-24(2)16(25)14-7-4-8-22-15(14)23-13-6-3-5-12(11-13)17(18,19)20/h3-8,11,21H,9-10H2,1-2H3,(H,22,23). The van der Waals surface area contributed by atoms with Gasteiger partial charge in [0.05, 0.1) is 11.1 Å². The Morgan fingerprint density at radius 2 is 2.00 bits per heavy atom. The molecule has 0 fully saturated rings. The molecule has 8 heteroatoms. The van der Waals surface area contributed by atoms with Gasteiger partial charge in [-0.2, -0.15) is 13.2 Å². The first-order valence-electron chi connectivity index (χ1n) is 7.62. The van der Waals surface area contributed by atoms with Crippen molar-refractivity contribution in [3.63, 3.8) is 0 Å². The van der Waals surface area contributed by atoms with Crippen LogP contribution >= 0.6 is 0 Å². The molecule has 0 unspecified atom stereocenters. The molecule has 2 N–H and O–H groups in total. The summed E-state index contributed by atoms with van der Waals surface area (Å²) in [7, 11) is 3.43. The second kappa shape index (κ2) is 7.98. The molecule has 1 heterocycles. The second-order valence-electron chi connectivity index (χ2n) is 5.43. The van der Waals surface area contributed by atoms with Crippen molar-refractivity contribution < 1.29 is 18.0 Å². The number of anilines is 2. The van der Waals surface area contributed by atoms with E-state index in [1.54, 1.807) is 26.2 Å². The third kappa shape index (κ3) is 4.93. The molecule has 2 aromatic rings. The summed E-state index contributed by atoms with van der Waals surface area (Å²) in [6, 6.07) is 7.95. The number of aromatic nitrogens is 1. The van der Waals surface area contributed by atoms with Crippen LogP contribution in [0.2, 0.25) is 0 Å². The van der Waals surface area contributed by atoms with Crippen LogP contribution in [0.15, 0.2) is 42.6 Å². The van der Waals surface area contributed by atoms with Crippen molar-refractivity contribution in [2.75, 3.05) is 32.5 Å². The Bertz CT molecular complexity index is 734. The third-order valence-corrected chi connectivity index (χ3v) is 3.53. The first-order chi connectivity index (χ1) is 11.8. The van der Waals surface area contributed by atoms with Crippen LogP contribution in [0.4, 0.5) is 24.7 Å². The molecule has 0 radical (unpaired) electrons. The van der Waals surface area contributed by atoms with Gasteiger partial charge < -0.3 is 15.5 Å². The fraction of sp³-hybridized carbons (Fsp3) is 0.294. The summed E-state index contributed by atoms with van der Waals surface area (Å²) >= 11 is 0. The lowest BCUT2D eigenvalue weighted by atomic mass is 10.1. The van der Waals surface area contributed by atoms with E-state index in [2.05, 4.69) is 15.6 Å². The number of likely N-dealkylation sites (N-methyl/N-ethyl adjacent to an activating group) is 2. The average Bonchev–Trinajstić information content (AvgIpc) is 2.59. The second-order valence-corrected chi connectivity index (χ2v) is 5.43. The maximum Gasteiger partial charge on any atom is 0.416 e. The summed E-state index contributed by atoms with van der Waals surface area (Å²) in [5.74, 6) is -0.0547. The highest BCUT2D eigenvalue weighted by atomic mass is 19.4. The summed E-state index contributed by atoms with van der Waals surface area (Å²) in [6.07, 6.45) is -2.96. The molecule has 0 spiro atoms. The SMILES string of the molecule is CNCCN(C)C(=O)c1cccnc1Nc1cccc(C(F)(F)F)c1. The van der Waals surface area contributed by atoms with Gasteiger partial charge in [0.1, 0.15) is 5.82 Å². The number of benzene rings is 1. The molecule has 2 rings (SSSR count). The molecule has 0 aliphatic rings. The summed E-state index contributed by atoms with van der Waals surface area (Å²) in [5, 5.41) is 5.75. The molecule has 25 heavy (non-hydrogen) atoms. The van der Waals surface area contributed by atoms with Crippen LogP contribution in [0.25, 0.3) is 0 Å². The van der Waals surface area contributed by atoms with Crippen LogP contribution in [0.5, 0.6) is 0 Å². The van der Waals surface area contributed by atoms with Gasteiger partial charge in [0.15, 0.2) is 0 Å². The van der Waals surface area contributed by atoms with Crippen LogP contribution in [0, 0.1) is 0 Å². The van der Waals surface area contributed by atoms with Crippen LogP contribution in [0.1, 0.15) is 15.9 Å². The Kier molecular flexibility index (Phi) is 5.97. The number of amides is 1. The molecule has 1 amide bonds. The molecule has 0 aliphatic carbocycles. The minimum absolute atomic E-state index is 0.209. The summed E-state index contributed by atoms with van der Waals surface area (Å²) in [6.45, 7) is 1.12. The average molecular weight is 352 g/mol. The number of carbonyl (C=O) groups is 1. The van der Waals surface area contributed by atoms with Crippen LogP contribution in [-0.4, -0.2) is 43.0 Å². The van der Waals surface area contributed by atoms with Gasteiger partial charge in [-0.15, -0.1) is 0 Å². The first kappa shape index (κ1) is 18.7. The maximum atomic E-state index is 12.8. The minimum Gasteiger partial charge on any atom is -0.340 e. The summed E-state index contributed by atoms with van der Waals surface area (Å²) < 4.78 is 38.5. The van der Waals surface area contributed by atoms with E-state index in [-0.39, 0.29) is 17.4 Å². The zero-order chi connectivity index (χ0) is 18.4. The quantitative estimate of drug-likeness (QED) is 0.839. The number of halogens is 3. The van der Waals surface area contributed by atoms with Crippen LogP contribution in [-0.2, 0) is 6.18 Å². The van der Waals surface area contributed by atoms with E-state index in [0.29, 0.717) is 18.7 Å². The van der Waals surface area contributed by atoms with E-state index in [0.717, 1.165) is 12.1 Å². The molecule has 0 saturated heterocycles. The largest absolute Gasteiger partial charge is 0.416 e. The number of hydrogen-bond donors (Lipinski definition) is 2. The smallest absolute Gasteiger partial charge is 0.340 e. The molecule has 5 nitrogen and oxygen atoms in total. The molecular formula is C17H19F3N4O. The van der Waals surface area contributed by atoms with Gasteiger partial charge in [0, 0.05) is 32.0 Å². The van der Waals surface area contributed by atoms with Crippen molar-refractivity contribution in [2.24, 2.45) is 0 Å². The lowest BCUT2D eigenvalue weighted by Crippen LogP contribution is -2.33. The Morgan fingerprint density at radius 1 is 1.24 bits per heavy atom. The number of carbonyl (C=O) groups excluding carboxylic acids is 1. The highest BCUT2D eigenvalue weighted by Gasteiger charge is 2.30. The minimum atomic E-state index is -4.44. The molecule has 0 atom stereocenters. The number of rotatable bonds is 6. The highest BCUT2D eigenvalue weighted by molar-refractivity contribution is 5.99. The van der Waals surface area contributed by atoms with Gasteiger partial charge in [-0.3, -0.25) is 4.79 Å². The zero-order valence-electron chi connectivity index (χ0n) is 13.9. The first-order valence-corrected chi connectivity index (χ1v) is 7.62. The number of nitrogens with one attached hydrogen (secondary N) is 2. The van der Waals surface area contributed by atoms with Crippen molar-refractivity contribution in [1.82, 2.24) is 15.2 Å². The maximum absolute atomic E-state index is 12.8. The Labute approximate surface area is 143 Å². The Hall–Kier alpha value is -2.61. The normalized spacial score (nSPS) is 11.2. The molecule has 0 saturated carbocycles. The Balaban J connectivity index is 2.25. The van der Waals surface area contributed by atoms with Gasteiger partial charge in [0.2, 0.25) is 0 Å². The monoisotopic (exact) mass is 352 g/mol.